The fraction of sp³-hybridized carbons (Fsp3) is 0.294. The Morgan fingerprint density at radius 1 is 1.19 bits per heavy atom. The second-order valence-corrected chi connectivity index (χ2v) is 4.87. The molecule has 2 aromatic rings. The Morgan fingerprint density at radius 2 is 1.95 bits per heavy atom. The summed E-state index contributed by atoms with van der Waals surface area (Å²) in [6.45, 7) is 2.14. The van der Waals surface area contributed by atoms with E-state index in [1.807, 2.05) is 25.1 Å². The van der Waals surface area contributed by atoms with Gasteiger partial charge in [0, 0.05) is 11.1 Å². The number of rotatable bonds is 6. The minimum Gasteiger partial charge on any atom is -0.496 e. The van der Waals surface area contributed by atoms with Gasteiger partial charge >= 0.3 is 0 Å². The summed E-state index contributed by atoms with van der Waals surface area (Å²) in [6, 6.07) is 12.0. The fourth-order valence-electron chi connectivity index (χ4n) is 2.10. The van der Waals surface area contributed by atoms with Gasteiger partial charge in [-0.3, -0.25) is 0 Å². The molecule has 0 fully saturated rings. The van der Waals surface area contributed by atoms with Crippen molar-refractivity contribution in [3.63, 3.8) is 0 Å². The lowest BCUT2D eigenvalue weighted by atomic mass is 10.1. The zero-order chi connectivity index (χ0) is 15.2. The molecule has 0 saturated heterocycles. The highest BCUT2D eigenvalue weighted by Gasteiger charge is 2.14. The van der Waals surface area contributed by atoms with Gasteiger partial charge in [-0.2, -0.15) is 0 Å². The number of aliphatic hydroxyl groups is 1. The van der Waals surface area contributed by atoms with Gasteiger partial charge in [-0.15, -0.1) is 0 Å². The molecule has 3 nitrogen and oxygen atoms in total. The number of benzene rings is 2. The summed E-state index contributed by atoms with van der Waals surface area (Å²) in [4.78, 5) is 0. The van der Waals surface area contributed by atoms with Gasteiger partial charge in [0.05, 0.1) is 20.3 Å². The first-order valence-corrected chi connectivity index (χ1v) is 6.75. The van der Waals surface area contributed by atoms with E-state index in [0.29, 0.717) is 16.9 Å². The lowest BCUT2D eigenvalue weighted by Gasteiger charge is -2.16. The maximum atomic E-state index is 13.4. The van der Waals surface area contributed by atoms with Crippen LogP contribution in [0.15, 0.2) is 42.5 Å². The van der Waals surface area contributed by atoms with Crippen LogP contribution in [0.3, 0.4) is 0 Å². The van der Waals surface area contributed by atoms with Crippen LogP contribution in [-0.4, -0.2) is 18.8 Å². The van der Waals surface area contributed by atoms with Crippen LogP contribution in [0.1, 0.15) is 22.8 Å². The molecule has 112 valence electrons. The Kier molecular flexibility index (Phi) is 5.31. The normalized spacial score (nSPS) is 12.2. The van der Waals surface area contributed by atoms with Gasteiger partial charge in [0.15, 0.2) is 0 Å². The van der Waals surface area contributed by atoms with Crippen LogP contribution in [0.4, 0.5) is 4.39 Å². The van der Waals surface area contributed by atoms with Crippen molar-refractivity contribution in [2.24, 2.45) is 0 Å². The lowest BCUT2D eigenvalue weighted by molar-refractivity contribution is 0.0256. The zero-order valence-corrected chi connectivity index (χ0v) is 12.2. The third-order valence-electron chi connectivity index (χ3n) is 3.24. The standard InChI is InChI=1S/C17H19FO3/c1-12-7-8-17(20-2)14(9-12)16(19)11-21-10-13-5-3-4-6-15(13)18/h3-9,16,19H,10-11H2,1-2H3. The van der Waals surface area contributed by atoms with E-state index in [1.165, 1.54) is 6.07 Å². The monoisotopic (exact) mass is 290 g/mol. The van der Waals surface area contributed by atoms with E-state index >= 15 is 0 Å². The maximum absolute atomic E-state index is 13.4. The summed E-state index contributed by atoms with van der Waals surface area (Å²) in [7, 11) is 1.56. The molecular weight excluding hydrogens is 271 g/mol. The molecule has 0 saturated carbocycles. The number of aryl methyl sites for hydroxylation is 1. The van der Waals surface area contributed by atoms with Gasteiger partial charge in [0.1, 0.15) is 17.7 Å². The molecule has 2 aromatic carbocycles. The minimum absolute atomic E-state index is 0.0775. The summed E-state index contributed by atoms with van der Waals surface area (Å²) in [5.74, 6) is 0.308. The third kappa shape index (κ3) is 4.03. The Morgan fingerprint density at radius 3 is 2.67 bits per heavy atom. The van der Waals surface area contributed by atoms with Gasteiger partial charge in [0.2, 0.25) is 0 Å². The summed E-state index contributed by atoms with van der Waals surface area (Å²) < 4.78 is 24.1. The molecule has 0 amide bonds. The van der Waals surface area contributed by atoms with E-state index in [-0.39, 0.29) is 19.0 Å². The SMILES string of the molecule is COc1ccc(C)cc1C(O)COCc1ccccc1F. The average Bonchev–Trinajstić information content (AvgIpc) is 2.49. The van der Waals surface area contributed by atoms with Crippen LogP contribution in [0.25, 0.3) is 0 Å². The van der Waals surface area contributed by atoms with Crippen molar-refractivity contribution in [3.05, 3.63) is 65.0 Å². The largest absolute Gasteiger partial charge is 0.496 e. The Balaban J connectivity index is 1.97. The topological polar surface area (TPSA) is 38.7 Å². The first-order chi connectivity index (χ1) is 10.1. The van der Waals surface area contributed by atoms with Crippen LogP contribution in [-0.2, 0) is 11.3 Å². The molecule has 4 heteroatoms. The van der Waals surface area contributed by atoms with Crippen molar-refractivity contribution in [3.8, 4) is 5.75 Å². The van der Waals surface area contributed by atoms with Crippen molar-refractivity contribution in [1.29, 1.82) is 0 Å². The Bertz CT molecular complexity index is 598. The highest BCUT2D eigenvalue weighted by Crippen LogP contribution is 2.26. The molecular formula is C17H19FO3. The van der Waals surface area contributed by atoms with E-state index in [0.717, 1.165) is 5.56 Å². The number of ether oxygens (including phenoxy) is 2. The van der Waals surface area contributed by atoms with Crippen LogP contribution >= 0.6 is 0 Å². The average molecular weight is 290 g/mol. The highest BCUT2D eigenvalue weighted by molar-refractivity contribution is 5.38. The first-order valence-electron chi connectivity index (χ1n) is 6.75. The van der Waals surface area contributed by atoms with E-state index in [9.17, 15) is 9.50 Å². The molecule has 0 aromatic heterocycles. The molecule has 0 heterocycles. The third-order valence-corrected chi connectivity index (χ3v) is 3.24. The number of hydrogen-bond acceptors (Lipinski definition) is 3. The van der Waals surface area contributed by atoms with Crippen molar-refractivity contribution in [2.45, 2.75) is 19.6 Å². The van der Waals surface area contributed by atoms with Gasteiger partial charge in [-0.1, -0.05) is 29.8 Å². The molecule has 21 heavy (non-hydrogen) atoms. The zero-order valence-electron chi connectivity index (χ0n) is 12.2. The molecule has 0 bridgehead atoms. The summed E-state index contributed by atoms with van der Waals surface area (Å²) in [5, 5.41) is 10.2. The van der Waals surface area contributed by atoms with Gasteiger partial charge in [0.25, 0.3) is 0 Å². The Hall–Kier alpha value is -1.91. The summed E-state index contributed by atoms with van der Waals surface area (Å²) in [6.07, 6.45) is -0.813. The van der Waals surface area contributed by atoms with Crippen LogP contribution < -0.4 is 4.74 Å². The predicted molar refractivity (Wildman–Crippen MR) is 78.7 cm³/mol. The van der Waals surface area contributed by atoms with E-state index in [4.69, 9.17) is 9.47 Å². The first kappa shape index (κ1) is 15.5. The van der Waals surface area contributed by atoms with Gasteiger partial charge in [-0.25, -0.2) is 4.39 Å². The Labute approximate surface area is 124 Å². The van der Waals surface area contributed by atoms with Crippen LogP contribution in [0.2, 0.25) is 0 Å². The fourth-order valence-corrected chi connectivity index (χ4v) is 2.10. The molecule has 0 spiro atoms. The molecule has 0 radical (unpaired) electrons. The van der Waals surface area contributed by atoms with Crippen molar-refractivity contribution in [1.82, 2.24) is 0 Å². The van der Waals surface area contributed by atoms with Crippen LogP contribution in [0, 0.1) is 12.7 Å². The minimum atomic E-state index is -0.813. The molecule has 0 aliphatic heterocycles. The number of methoxy groups -OCH3 is 1. The number of aliphatic hydroxyl groups excluding tert-OH is 1. The summed E-state index contributed by atoms with van der Waals surface area (Å²) >= 11 is 0. The smallest absolute Gasteiger partial charge is 0.128 e. The number of halogens is 1. The predicted octanol–water partition coefficient (Wildman–Crippen LogP) is 3.39. The van der Waals surface area contributed by atoms with Crippen molar-refractivity contribution >= 4 is 0 Å². The van der Waals surface area contributed by atoms with Gasteiger partial charge < -0.3 is 14.6 Å². The van der Waals surface area contributed by atoms with Crippen molar-refractivity contribution < 1.29 is 19.0 Å². The van der Waals surface area contributed by atoms with E-state index < -0.39 is 6.10 Å². The molecule has 2 rings (SSSR count). The number of hydrogen-bond donors (Lipinski definition) is 1. The van der Waals surface area contributed by atoms with Gasteiger partial charge in [-0.05, 0) is 25.1 Å². The molecule has 1 atom stereocenters. The second kappa shape index (κ2) is 7.20. The van der Waals surface area contributed by atoms with E-state index in [1.54, 1.807) is 25.3 Å². The lowest BCUT2D eigenvalue weighted by Crippen LogP contribution is -2.09. The van der Waals surface area contributed by atoms with Crippen molar-refractivity contribution in [2.75, 3.05) is 13.7 Å². The van der Waals surface area contributed by atoms with Crippen LogP contribution in [0.5, 0.6) is 5.75 Å². The molecule has 1 N–H and O–H groups in total. The highest BCUT2D eigenvalue weighted by atomic mass is 19.1. The molecule has 0 aliphatic carbocycles. The molecule has 0 aliphatic rings. The van der Waals surface area contributed by atoms with E-state index in [2.05, 4.69) is 0 Å². The summed E-state index contributed by atoms with van der Waals surface area (Å²) in [5.41, 5.74) is 2.17. The molecule has 1 unspecified atom stereocenters. The quantitative estimate of drug-likeness (QED) is 0.886. The maximum Gasteiger partial charge on any atom is 0.128 e. The second-order valence-electron chi connectivity index (χ2n) is 4.87.